The highest BCUT2D eigenvalue weighted by Gasteiger charge is 2.51. The highest BCUT2D eigenvalue weighted by molar-refractivity contribution is 6.32. The first-order valence-corrected chi connectivity index (χ1v) is 10.8. The number of alkyl halides is 3. The van der Waals surface area contributed by atoms with E-state index in [0.29, 0.717) is 18.5 Å². The molecular formula is C23H24ClF4NO5. The summed E-state index contributed by atoms with van der Waals surface area (Å²) in [5, 5.41) is 0.0719. The van der Waals surface area contributed by atoms with Crippen LogP contribution in [0.25, 0.3) is 0 Å². The van der Waals surface area contributed by atoms with E-state index in [1.807, 2.05) is 0 Å². The summed E-state index contributed by atoms with van der Waals surface area (Å²) in [7, 11) is 0. The van der Waals surface area contributed by atoms with Gasteiger partial charge in [0.1, 0.15) is 36.7 Å². The minimum Gasteiger partial charge on any atom is -0.490 e. The van der Waals surface area contributed by atoms with Gasteiger partial charge in [0.2, 0.25) is 0 Å². The molecule has 34 heavy (non-hydrogen) atoms. The molecule has 186 valence electrons. The molecule has 2 aliphatic heterocycles. The Morgan fingerprint density at radius 1 is 1.38 bits per heavy atom. The molecule has 3 rings (SSSR count). The lowest BCUT2D eigenvalue weighted by Gasteiger charge is -2.42. The van der Waals surface area contributed by atoms with E-state index in [2.05, 4.69) is 11.3 Å². The fourth-order valence-corrected chi connectivity index (χ4v) is 4.09. The summed E-state index contributed by atoms with van der Waals surface area (Å²) in [6.07, 6.45) is -0.732. The van der Waals surface area contributed by atoms with Gasteiger partial charge in [-0.1, -0.05) is 24.3 Å². The zero-order valence-electron chi connectivity index (χ0n) is 18.4. The topological polar surface area (TPSA) is 57.2 Å². The molecule has 1 aromatic carbocycles. The molecule has 2 aliphatic rings. The number of hydrogen-bond acceptors (Lipinski definition) is 5. The van der Waals surface area contributed by atoms with Crippen molar-refractivity contribution in [2.75, 3.05) is 33.1 Å². The quantitative estimate of drug-likeness (QED) is 0.276. The highest BCUT2D eigenvalue weighted by Crippen LogP contribution is 2.40. The maximum Gasteiger partial charge on any atom is 0.522 e. The minimum absolute atomic E-state index is 0.000705. The Morgan fingerprint density at radius 2 is 2.15 bits per heavy atom. The molecule has 0 radical (unpaired) electrons. The van der Waals surface area contributed by atoms with E-state index in [0.717, 1.165) is 0 Å². The van der Waals surface area contributed by atoms with Crippen LogP contribution in [0.2, 0.25) is 5.02 Å². The van der Waals surface area contributed by atoms with Gasteiger partial charge in [0.05, 0.1) is 18.2 Å². The van der Waals surface area contributed by atoms with E-state index >= 15 is 0 Å². The summed E-state index contributed by atoms with van der Waals surface area (Å²) in [5.74, 6) is -0.656. The molecule has 0 spiro atoms. The van der Waals surface area contributed by atoms with Crippen LogP contribution in [0.3, 0.4) is 0 Å². The number of benzene rings is 1. The molecule has 0 aromatic heterocycles. The van der Waals surface area contributed by atoms with Gasteiger partial charge in [-0.05, 0) is 42.8 Å². The number of nitrogens with zero attached hydrogens (tertiary/aromatic N) is 1. The predicted octanol–water partition coefficient (Wildman–Crippen LogP) is 5.20. The summed E-state index contributed by atoms with van der Waals surface area (Å²) >= 11 is 6.15. The van der Waals surface area contributed by atoms with Gasteiger partial charge >= 0.3 is 6.36 Å². The van der Waals surface area contributed by atoms with Crippen LogP contribution >= 0.6 is 11.6 Å². The first-order valence-electron chi connectivity index (χ1n) is 10.4. The number of amides is 1. The van der Waals surface area contributed by atoms with Gasteiger partial charge in [-0.2, -0.15) is 0 Å². The predicted molar refractivity (Wildman–Crippen MR) is 116 cm³/mol. The number of carbonyl (C=O) groups excluding carboxylic acids is 1. The van der Waals surface area contributed by atoms with Gasteiger partial charge < -0.3 is 19.1 Å². The zero-order valence-corrected chi connectivity index (χ0v) is 19.1. The second kappa shape index (κ2) is 10.9. The Labute approximate surface area is 199 Å². The van der Waals surface area contributed by atoms with Crippen LogP contribution in [-0.4, -0.2) is 62.0 Å². The molecule has 2 heterocycles. The monoisotopic (exact) mass is 505 g/mol. The van der Waals surface area contributed by atoms with Crippen LogP contribution in [-0.2, 0) is 14.2 Å². The highest BCUT2D eigenvalue weighted by atomic mass is 35.5. The number of ether oxygens (including phenoxy) is 4. The number of rotatable bonds is 8. The number of halogens is 5. The van der Waals surface area contributed by atoms with Crippen molar-refractivity contribution in [1.29, 1.82) is 0 Å². The van der Waals surface area contributed by atoms with E-state index in [1.165, 1.54) is 30.4 Å². The van der Waals surface area contributed by atoms with E-state index in [4.69, 9.17) is 25.8 Å². The van der Waals surface area contributed by atoms with Gasteiger partial charge in [0.15, 0.2) is 0 Å². The minimum atomic E-state index is -4.74. The molecule has 2 atom stereocenters. The molecule has 1 aromatic rings. The maximum atomic E-state index is 14.0. The molecule has 0 bridgehead atoms. The molecule has 11 heteroatoms. The first kappa shape index (κ1) is 26.2. The number of piperidine rings is 1. The zero-order chi connectivity index (χ0) is 24.9. The van der Waals surface area contributed by atoms with Crippen molar-refractivity contribution in [2.24, 2.45) is 0 Å². The smallest absolute Gasteiger partial charge is 0.490 e. The van der Waals surface area contributed by atoms with Crippen LogP contribution in [0, 0.1) is 0 Å². The third-order valence-electron chi connectivity index (χ3n) is 5.50. The number of fused-ring (bicyclic) bond motifs is 1. The number of carbonyl (C=O) groups is 1. The lowest BCUT2D eigenvalue weighted by molar-refractivity contribution is -0.325. The van der Waals surface area contributed by atoms with Gasteiger partial charge in [-0.15, -0.1) is 13.2 Å². The summed E-state index contributed by atoms with van der Waals surface area (Å²) in [5.41, 5.74) is -0.228. The summed E-state index contributed by atoms with van der Waals surface area (Å²) in [6.45, 7) is 5.10. The first-order chi connectivity index (χ1) is 16.1. The second-order valence-electron chi connectivity index (χ2n) is 7.65. The molecular weight excluding hydrogens is 482 g/mol. The van der Waals surface area contributed by atoms with Gasteiger partial charge in [0.25, 0.3) is 5.91 Å². The average Bonchev–Trinajstić information content (AvgIpc) is 3.21. The molecule has 2 fully saturated rings. The number of hydrogen-bond donors (Lipinski definition) is 0. The lowest BCUT2D eigenvalue weighted by Crippen LogP contribution is -2.55. The van der Waals surface area contributed by atoms with Gasteiger partial charge in [0, 0.05) is 18.5 Å². The molecule has 2 saturated heterocycles. The van der Waals surface area contributed by atoms with Gasteiger partial charge in [-0.3, -0.25) is 9.53 Å². The normalized spacial score (nSPS) is 23.3. The van der Waals surface area contributed by atoms with Crippen LogP contribution < -0.4 is 4.74 Å². The van der Waals surface area contributed by atoms with Crippen molar-refractivity contribution in [1.82, 2.24) is 4.90 Å². The Hall–Kier alpha value is -2.40. The van der Waals surface area contributed by atoms with E-state index < -0.39 is 30.5 Å². The molecule has 0 saturated carbocycles. The van der Waals surface area contributed by atoms with Crippen molar-refractivity contribution in [3.8, 4) is 5.75 Å². The van der Waals surface area contributed by atoms with Crippen LogP contribution in [0.1, 0.15) is 23.7 Å². The number of allylic oxidation sites excluding steroid dienone is 3. The Balaban J connectivity index is 1.64. The maximum absolute atomic E-state index is 14.0. The van der Waals surface area contributed by atoms with E-state index in [1.54, 1.807) is 17.9 Å². The molecule has 1 unspecified atom stereocenters. The van der Waals surface area contributed by atoms with Crippen LogP contribution in [0.15, 0.2) is 54.4 Å². The fraction of sp³-hybridized carbons (Fsp3) is 0.435. The average molecular weight is 506 g/mol. The van der Waals surface area contributed by atoms with Crippen LogP contribution in [0.4, 0.5) is 17.6 Å². The second-order valence-corrected chi connectivity index (χ2v) is 8.06. The lowest BCUT2D eigenvalue weighted by atomic mass is 9.82. The van der Waals surface area contributed by atoms with Crippen molar-refractivity contribution < 1.29 is 41.3 Å². The van der Waals surface area contributed by atoms with E-state index in [-0.39, 0.29) is 42.2 Å². The molecule has 0 aliphatic carbocycles. The largest absolute Gasteiger partial charge is 0.522 e. The van der Waals surface area contributed by atoms with Crippen molar-refractivity contribution in [3.05, 3.63) is 65.0 Å². The van der Waals surface area contributed by atoms with Crippen molar-refractivity contribution in [3.63, 3.8) is 0 Å². The fourth-order valence-electron chi connectivity index (χ4n) is 3.86. The third kappa shape index (κ3) is 6.18. The van der Waals surface area contributed by atoms with Crippen molar-refractivity contribution >= 4 is 17.5 Å². The van der Waals surface area contributed by atoms with E-state index in [9.17, 15) is 22.4 Å². The third-order valence-corrected chi connectivity index (χ3v) is 5.79. The summed E-state index contributed by atoms with van der Waals surface area (Å²) < 4.78 is 70.4. The van der Waals surface area contributed by atoms with Gasteiger partial charge in [-0.25, -0.2) is 4.39 Å². The summed E-state index contributed by atoms with van der Waals surface area (Å²) in [4.78, 5) is 14.6. The Kier molecular flexibility index (Phi) is 8.40. The van der Waals surface area contributed by atoms with Crippen LogP contribution in [0.5, 0.6) is 5.75 Å². The SMILES string of the molecule is C=C(/C=C(F)\C=C/C)[C@]12CCN(C(=O)c3ccc(OCCOC(F)(F)F)c(Cl)c3)CC1OCO2. The Bertz CT molecular complexity index is 981. The molecule has 1 amide bonds. The Morgan fingerprint density at radius 3 is 2.82 bits per heavy atom. The summed E-state index contributed by atoms with van der Waals surface area (Å²) in [6, 6.07) is 4.26. The number of likely N-dealkylation sites (tertiary alicyclic amines) is 1. The van der Waals surface area contributed by atoms with Crippen molar-refractivity contribution in [2.45, 2.75) is 31.4 Å². The molecule has 6 nitrogen and oxygen atoms in total. The molecule has 0 N–H and O–H groups in total. The standard InChI is InChI=1S/C23H24ClF4NO5/c1-3-4-17(25)11-15(2)22-7-8-29(13-20(22)32-14-34-22)21(30)16-5-6-19(18(24)12-16)31-9-10-33-23(26,27)28/h3-6,11-12,20H,2,7-10,13-14H2,1H3/b4-3-,17-11+/t20?,22-/m1/s1.